The van der Waals surface area contributed by atoms with Crippen LogP contribution in [0.15, 0.2) is 23.2 Å². The van der Waals surface area contributed by atoms with Crippen LogP contribution in [0.25, 0.3) is 0 Å². The molecular formula is C14H24IN3O3. The maximum atomic E-state index is 9.08. The number of aliphatic imine (C=N–C) groups is 1. The molecule has 0 aliphatic carbocycles. The van der Waals surface area contributed by atoms with Crippen molar-refractivity contribution in [1.82, 2.24) is 5.32 Å². The van der Waals surface area contributed by atoms with Gasteiger partial charge in [-0.3, -0.25) is 0 Å². The molecule has 0 unspecified atom stereocenters. The number of nitrogens with two attached hydrogens (primary N) is 1. The Kier molecular flexibility index (Phi) is 9.89. The molecule has 120 valence electrons. The summed E-state index contributed by atoms with van der Waals surface area (Å²) in [5, 5.41) is 12.0. The van der Waals surface area contributed by atoms with E-state index < -0.39 is 0 Å². The fourth-order valence-electron chi connectivity index (χ4n) is 1.69. The highest BCUT2D eigenvalue weighted by atomic mass is 127. The monoisotopic (exact) mass is 409 g/mol. The van der Waals surface area contributed by atoms with E-state index in [1.807, 2.05) is 25.1 Å². The number of methoxy groups -OCH3 is 2. The van der Waals surface area contributed by atoms with Gasteiger partial charge in [0.2, 0.25) is 0 Å². The van der Waals surface area contributed by atoms with Crippen LogP contribution in [0.5, 0.6) is 11.5 Å². The molecule has 0 aliphatic heterocycles. The third kappa shape index (κ3) is 6.38. The van der Waals surface area contributed by atoms with E-state index >= 15 is 0 Å². The highest BCUT2D eigenvalue weighted by Gasteiger charge is 2.06. The average molecular weight is 409 g/mol. The van der Waals surface area contributed by atoms with E-state index in [0.29, 0.717) is 24.0 Å². The minimum Gasteiger partial charge on any atom is -0.493 e. The van der Waals surface area contributed by atoms with Gasteiger partial charge in [0.1, 0.15) is 0 Å². The number of ether oxygens (including phenoxy) is 2. The van der Waals surface area contributed by atoms with Crippen LogP contribution in [0, 0.1) is 0 Å². The second-order valence-corrected chi connectivity index (χ2v) is 4.32. The van der Waals surface area contributed by atoms with Crippen molar-refractivity contribution in [2.75, 3.05) is 20.8 Å². The Labute approximate surface area is 142 Å². The van der Waals surface area contributed by atoms with Crippen LogP contribution >= 0.6 is 24.0 Å². The third-order valence-corrected chi connectivity index (χ3v) is 2.95. The Hall–Kier alpha value is -1.22. The van der Waals surface area contributed by atoms with Gasteiger partial charge in [-0.25, -0.2) is 4.99 Å². The van der Waals surface area contributed by atoms with Crippen LogP contribution in [0.1, 0.15) is 18.9 Å². The SMILES string of the molecule is CC[C@H](CO)NC(N)=NCc1ccc(OC)c(OC)c1.I. The van der Waals surface area contributed by atoms with Crippen molar-refractivity contribution in [3.8, 4) is 11.5 Å². The quantitative estimate of drug-likeness (QED) is 0.361. The van der Waals surface area contributed by atoms with E-state index in [2.05, 4.69) is 10.3 Å². The molecule has 0 bridgehead atoms. The topological polar surface area (TPSA) is 89.1 Å². The summed E-state index contributed by atoms with van der Waals surface area (Å²) in [6.45, 7) is 2.43. The summed E-state index contributed by atoms with van der Waals surface area (Å²) < 4.78 is 10.4. The summed E-state index contributed by atoms with van der Waals surface area (Å²) in [7, 11) is 3.19. The number of nitrogens with zero attached hydrogens (tertiary/aromatic N) is 1. The Balaban J connectivity index is 0.00000400. The number of guanidine groups is 1. The number of hydrogen-bond donors (Lipinski definition) is 3. The zero-order chi connectivity index (χ0) is 15.0. The van der Waals surface area contributed by atoms with E-state index in [1.165, 1.54) is 0 Å². The van der Waals surface area contributed by atoms with Crippen LogP contribution in [-0.2, 0) is 6.54 Å². The van der Waals surface area contributed by atoms with Gasteiger partial charge in [0.25, 0.3) is 0 Å². The molecule has 1 aromatic carbocycles. The zero-order valence-corrected chi connectivity index (χ0v) is 15.0. The summed E-state index contributed by atoms with van der Waals surface area (Å²) in [5.41, 5.74) is 6.73. The Morgan fingerprint density at radius 2 is 2.00 bits per heavy atom. The molecule has 1 rings (SSSR count). The Bertz CT molecular complexity index is 451. The highest BCUT2D eigenvalue weighted by molar-refractivity contribution is 14.0. The predicted molar refractivity (Wildman–Crippen MR) is 94.6 cm³/mol. The molecule has 0 amide bonds. The standard InChI is InChI=1S/C14H23N3O3.HI/c1-4-11(9-18)17-14(15)16-8-10-5-6-12(19-2)13(7-10)20-3;/h5-7,11,18H,4,8-9H2,1-3H3,(H3,15,16,17);1H/t11-;/m1./s1. The lowest BCUT2D eigenvalue weighted by Gasteiger charge is -2.14. The second-order valence-electron chi connectivity index (χ2n) is 4.32. The smallest absolute Gasteiger partial charge is 0.189 e. The van der Waals surface area contributed by atoms with Gasteiger partial charge in [0.15, 0.2) is 17.5 Å². The molecule has 0 heterocycles. The summed E-state index contributed by atoms with van der Waals surface area (Å²) in [5.74, 6) is 1.66. The van der Waals surface area contributed by atoms with Gasteiger partial charge >= 0.3 is 0 Å². The lowest BCUT2D eigenvalue weighted by Crippen LogP contribution is -2.41. The maximum absolute atomic E-state index is 9.08. The third-order valence-electron chi connectivity index (χ3n) is 2.95. The Morgan fingerprint density at radius 3 is 2.52 bits per heavy atom. The normalized spacial score (nSPS) is 12.3. The molecule has 0 saturated carbocycles. The van der Waals surface area contributed by atoms with Crippen molar-refractivity contribution in [2.45, 2.75) is 25.9 Å². The van der Waals surface area contributed by atoms with Crippen molar-refractivity contribution in [1.29, 1.82) is 0 Å². The minimum atomic E-state index is -0.0656. The molecule has 0 aromatic heterocycles. The van der Waals surface area contributed by atoms with Gasteiger partial charge < -0.3 is 25.6 Å². The van der Waals surface area contributed by atoms with Gasteiger partial charge in [0, 0.05) is 0 Å². The zero-order valence-electron chi connectivity index (χ0n) is 12.6. The number of benzene rings is 1. The lowest BCUT2D eigenvalue weighted by molar-refractivity contribution is 0.252. The summed E-state index contributed by atoms with van der Waals surface area (Å²) in [4.78, 5) is 4.24. The first-order valence-corrected chi connectivity index (χ1v) is 6.52. The second kappa shape index (κ2) is 10.5. The van der Waals surface area contributed by atoms with Crippen molar-refractivity contribution < 1.29 is 14.6 Å². The molecule has 0 fully saturated rings. The van der Waals surface area contributed by atoms with Gasteiger partial charge in [0.05, 0.1) is 33.4 Å². The van der Waals surface area contributed by atoms with E-state index in [9.17, 15) is 0 Å². The molecule has 0 radical (unpaired) electrons. The van der Waals surface area contributed by atoms with E-state index in [-0.39, 0.29) is 36.6 Å². The summed E-state index contributed by atoms with van der Waals surface area (Å²) in [6.07, 6.45) is 0.781. The van der Waals surface area contributed by atoms with Crippen molar-refractivity contribution in [3.63, 3.8) is 0 Å². The first kappa shape index (κ1) is 19.8. The maximum Gasteiger partial charge on any atom is 0.189 e. The van der Waals surface area contributed by atoms with Gasteiger partial charge in [-0.05, 0) is 24.1 Å². The summed E-state index contributed by atoms with van der Waals surface area (Å²) >= 11 is 0. The molecule has 1 aromatic rings. The van der Waals surface area contributed by atoms with Crippen LogP contribution in [0.4, 0.5) is 0 Å². The number of nitrogens with one attached hydrogen (secondary N) is 1. The summed E-state index contributed by atoms with van der Waals surface area (Å²) in [6, 6.07) is 5.53. The van der Waals surface area contributed by atoms with Crippen LogP contribution in [0.2, 0.25) is 0 Å². The number of aliphatic hydroxyl groups is 1. The minimum absolute atomic E-state index is 0. The molecule has 0 aliphatic rings. The van der Waals surface area contributed by atoms with E-state index in [1.54, 1.807) is 14.2 Å². The van der Waals surface area contributed by atoms with Crippen LogP contribution < -0.4 is 20.5 Å². The number of halogens is 1. The largest absolute Gasteiger partial charge is 0.493 e. The first-order valence-electron chi connectivity index (χ1n) is 6.52. The number of hydrogen-bond acceptors (Lipinski definition) is 4. The molecule has 21 heavy (non-hydrogen) atoms. The predicted octanol–water partition coefficient (Wildman–Crippen LogP) is 1.50. The molecule has 7 heteroatoms. The van der Waals surface area contributed by atoms with Gasteiger partial charge in [-0.15, -0.1) is 24.0 Å². The lowest BCUT2D eigenvalue weighted by atomic mass is 10.2. The Morgan fingerprint density at radius 1 is 1.33 bits per heavy atom. The molecule has 1 atom stereocenters. The van der Waals surface area contributed by atoms with E-state index in [4.69, 9.17) is 20.3 Å². The molecule has 4 N–H and O–H groups in total. The van der Waals surface area contributed by atoms with Crippen molar-refractivity contribution >= 4 is 29.9 Å². The number of rotatable bonds is 7. The molecule has 0 spiro atoms. The van der Waals surface area contributed by atoms with Crippen molar-refractivity contribution in [3.05, 3.63) is 23.8 Å². The number of aliphatic hydroxyl groups excluding tert-OH is 1. The fraction of sp³-hybridized carbons (Fsp3) is 0.500. The van der Waals surface area contributed by atoms with Gasteiger partial charge in [-0.1, -0.05) is 13.0 Å². The first-order chi connectivity index (χ1) is 9.64. The molecule has 6 nitrogen and oxygen atoms in total. The average Bonchev–Trinajstić information content (AvgIpc) is 2.50. The van der Waals surface area contributed by atoms with Crippen LogP contribution in [-0.4, -0.2) is 37.9 Å². The molecular weight excluding hydrogens is 385 g/mol. The fourth-order valence-corrected chi connectivity index (χ4v) is 1.69. The molecule has 0 saturated heterocycles. The highest BCUT2D eigenvalue weighted by Crippen LogP contribution is 2.27. The van der Waals surface area contributed by atoms with Gasteiger partial charge in [-0.2, -0.15) is 0 Å². The van der Waals surface area contributed by atoms with Crippen LogP contribution in [0.3, 0.4) is 0 Å². The van der Waals surface area contributed by atoms with E-state index in [0.717, 1.165) is 12.0 Å². The van der Waals surface area contributed by atoms with Crippen molar-refractivity contribution in [2.24, 2.45) is 10.7 Å².